The summed E-state index contributed by atoms with van der Waals surface area (Å²) in [5, 5.41) is 3.31. The topological polar surface area (TPSA) is 38.3 Å². The van der Waals surface area contributed by atoms with Gasteiger partial charge in [0.1, 0.15) is 0 Å². The van der Waals surface area contributed by atoms with Gasteiger partial charge in [0.05, 0.1) is 6.61 Å². The predicted octanol–water partition coefficient (Wildman–Crippen LogP) is 1.33. The standard InChI is InChI=1S/C11H19NO2/c13-11(14-8-9-3-4-9)6-10-2-1-5-12-7-10/h9-10,12H,1-8H2. The van der Waals surface area contributed by atoms with Gasteiger partial charge in [0.15, 0.2) is 0 Å². The molecule has 0 bridgehead atoms. The van der Waals surface area contributed by atoms with E-state index in [2.05, 4.69) is 5.32 Å². The van der Waals surface area contributed by atoms with Crippen molar-refractivity contribution in [3.05, 3.63) is 0 Å². The summed E-state index contributed by atoms with van der Waals surface area (Å²) >= 11 is 0. The third-order valence-electron chi connectivity index (χ3n) is 3.03. The molecule has 2 fully saturated rings. The minimum Gasteiger partial charge on any atom is -0.465 e. The molecule has 1 N–H and O–H groups in total. The van der Waals surface area contributed by atoms with Crippen molar-refractivity contribution >= 4 is 5.97 Å². The van der Waals surface area contributed by atoms with Crippen LogP contribution in [0.2, 0.25) is 0 Å². The van der Waals surface area contributed by atoms with Crippen LogP contribution in [-0.4, -0.2) is 25.7 Å². The average Bonchev–Trinajstić information content (AvgIpc) is 3.00. The smallest absolute Gasteiger partial charge is 0.306 e. The molecule has 0 spiro atoms. The minimum absolute atomic E-state index is 0.00519. The number of piperidine rings is 1. The SMILES string of the molecule is O=C(CC1CCCNC1)OCC1CC1. The van der Waals surface area contributed by atoms with Crippen LogP contribution in [0, 0.1) is 11.8 Å². The largest absolute Gasteiger partial charge is 0.465 e. The second kappa shape index (κ2) is 4.78. The summed E-state index contributed by atoms with van der Waals surface area (Å²) in [7, 11) is 0. The van der Waals surface area contributed by atoms with E-state index in [9.17, 15) is 4.79 Å². The predicted molar refractivity (Wildman–Crippen MR) is 53.9 cm³/mol. The Morgan fingerprint density at radius 1 is 1.29 bits per heavy atom. The monoisotopic (exact) mass is 197 g/mol. The Hall–Kier alpha value is -0.570. The van der Waals surface area contributed by atoms with Crippen LogP contribution in [0.1, 0.15) is 32.1 Å². The Morgan fingerprint density at radius 3 is 2.79 bits per heavy atom. The van der Waals surface area contributed by atoms with Crippen molar-refractivity contribution < 1.29 is 9.53 Å². The van der Waals surface area contributed by atoms with Crippen LogP contribution < -0.4 is 5.32 Å². The molecule has 1 saturated heterocycles. The molecule has 14 heavy (non-hydrogen) atoms. The number of nitrogens with one attached hydrogen (secondary N) is 1. The zero-order valence-corrected chi connectivity index (χ0v) is 8.63. The van der Waals surface area contributed by atoms with Crippen LogP contribution in [0.15, 0.2) is 0 Å². The maximum absolute atomic E-state index is 11.4. The van der Waals surface area contributed by atoms with E-state index in [1.807, 2.05) is 0 Å². The van der Waals surface area contributed by atoms with Gasteiger partial charge >= 0.3 is 5.97 Å². The van der Waals surface area contributed by atoms with Gasteiger partial charge in [-0.2, -0.15) is 0 Å². The number of hydrogen-bond donors (Lipinski definition) is 1. The number of esters is 1. The summed E-state index contributed by atoms with van der Waals surface area (Å²) < 4.78 is 5.20. The molecule has 1 atom stereocenters. The van der Waals surface area contributed by atoms with Crippen LogP contribution in [0.25, 0.3) is 0 Å². The highest BCUT2D eigenvalue weighted by Crippen LogP contribution is 2.29. The second-order valence-electron chi connectivity index (χ2n) is 4.54. The van der Waals surface area contributed by atoms with Crippen molar-refractivity contribution in [3.8, 4) is 0 Å². The van der Waals surface area contributed by atoms with Crippen molar-refractivity contribution in [3.63, 3.8) is 0 Å². The first-order chi connectivity index (χ1) is 6.84. The Morgan fingerprint density at radius 2 is 2.14 bits per heavy atom. The fraction of sp³-hybridized carbons (Fsp3) is 0.909. The van der Waals surface area contributed by atoms with Gasteiger partial charge in [-0.15, -0.1) is 0 Å². The number of hydrogen-bond acceptors (Lipinski definition) is 3. The third kappa shape index (κ3) is 3.29. The lowest BCUT2D eigenvalue weighted by molar-refractivity contribution is -0.145. The molecular formula is C11H19NO2. The van der Waals surface area contributed by atoms with Crippen LogP contribution in [-0.2, 0) is 9.53 Å². The second-order valence-corrected chi connectivity index (χ2v) is 4.54. The van der Waals surface area contributed by atoms with Gasteiger partial charge in [0, 0.05) is 6.42 Å². The Labute approximate surface area is 85.2 Å². The number of rotatable bonds is 4. The van der Waals surface area contributed by atoms with E-state index in [1.54, 1.807) is 0 Å². The molecule has 0 aromatic carbocycles. The lowest BCUT2D eigenvalue weighted by Crippen LogP contribution is -2.31. The fourth-order valence-electron chi connectivity index (χ4n) is 1.89. The third-order valence-corrected chi connectivity index (χ3v) is 3.03. The van der Waals surface area contributed by atoms with Crippen LogP contribution in [0.4, 0.5) is 0 Å². The average molecular weight is 197 g/mol. The molecular weight excluding hydrogens is 178 g/mol. The quantitative estimate of drug-likeness (QED) is 0.691. The number of ether oxygens (including phenoxy) is 1. The minimum atomic E-state index is 0.00519. The first-order valence-electron chi connectivity index (χ1n) is 5.71. The first kappa shape index (κ1) is 9.97. The van der Waals surface area contributed by atoms with Gasteiger partial charge in [-0.3, -0.25) is 4.79 Å². The summed E-state index contributed by atoms with van der Waals surface area (Å²) in [6, 6.07) is 0. The normalized spacial score (nSPS) is 27.3. The van der Waals surface area contributed by atoms with E-state index in [0.717, 1.165) is 13.1 Å². The lowest BCUT2D eigenvalue weighted by Gasteiger charge is -2.21. The van der Waals surface area contributed by atoms with E-state index >= 15 is 0 Å². The molecule has 2 rings (SSSR count). The zero-order valence-electron chi connectivity index (χ0n) is 8.63. The maximum atomic E-state index is 11.4. The van der Waals surface area contributed by atoms with Gasteiger partial charge in [-0.05, 0) is 50.6 Å². The number of carbonyl (C=O) groups excluding carboxylic acids is 1. The first-order valence-corrected chi connectivity index (χ1v) is 5.71. The lowest BCUT2D eigenvalue weighted by atomic mass is 9.96. The van der Waals surface area contributed by atoms with E-state index in [4.69, 9.17) is 4.74 Å². The summed E-state index contributed by atoms with van der Waals surface area (Å²) in [6.07, 6.45) is 5.47. The van der Waals surface area contributed by atoms with Crippen LogP contribution in [0.5, 0.6) is 0 Å². The van der Waals surface area contributed by atoms with E-state index in [-0.39, 0.29) is 5.97 Å². The van der Waals surface area contributed by atoms with Gasteiger partial charge in [0.25, 0.3) is 0 Å². The fourth-order valence-corrected chi connectivity index (χ4v) is 1.89. The molecule has 1 aliphatic carbocycles. The molecule has 3 nitrogen and oxygen atoms in total. The van der Waals surface area contributed by atoms with Crippen molar-refractivity contribution in [1.29, 1.82) is 0 Å². The molecule has 3 heteroatoms. The van der Waals surface area contributed by atoms with Gasteiger partial charge < -0.3 is 10.1 Å². The molecule has 80 valence electrons. The van der Waals surface area contributed by atoms with Crippen molar-refractivity contribution in [2.75, 3.05) is 19.7 Å². The van der Waals surface area contributed by atoms with Crippen molar-refractivity contribution in [2.24, 2.45) is 11.8 Å². The van der Waals surface area contributed by atoms with E-state index in [0.29, 0.717) is 24.9 Å². The van der Waals surface area contributed by atoms with E-state index < -0.39 is 0 Å². The molecule has 1 heterocycles. The summed E-state index contributed by atoms with van der Waals surface area (Å²) in [6.45, 7) is 2.76. The molecule has 0 aromatic heterocycles. The summed E-state index contributed by atoms with van der Waals surface area (Å²) in [5.74, 6) is 1.20. The van der Waals surface area contributed by atoms with Crippen LogP contribution >= 0.6 is 0 Å². The van der Waals surface area contributed by atoms with Crippen molar-refractivity contribution in [2.45, 2.75) is 32.1 Å². The van der Waals surface area contributed by atoms with Gasteiger partial charge in [0.2, 0.25) is 0 Å². The molecule has 1 aliphatic heterocycles. The maximum Gasteiger partial charge on any atom is 0.306 e. The Balaban J connectivity index is 1.59. The summed E-state index contributed by atoms with van der Waals surface area (Å²) in [5.41, 5.74) is 0. The molecule has 2 aliphatic rings. The highest BCUT2D eigenvalue weighted by atomic mass is 16.5. The van der Waals surface area contributed by atoms with E-state index in [1.165, 1.54) is 25.7 Å². The molecule has 0 radical (unpaired) electrons. The highest BCUT2D eigenvalue weighted by molar-refractivity contribution is 5.69. The van der Waals surface area contributed by atoms with Gasteiger partial charge in [-0.1, -0.05) is 0 Å². The molecule has 1 unspecified atom stereocenters. The zero-order chi connectivity index (χ0) is 9.80. The van der Waals surface area contributed by atoms with Crippen LogP contribution in [0.3, 0.4) is 0 Å². The van der Waals surface area contributed by atoms with Crippen molar-refractivity contribution in [1.82, 2.24) is 5.32 Å². The molecule has 1 saturated carbocycles. The molecule has 0 amide bonds. The molecule has 0 aromatic rings. The Bertz CT molecular complexity index is 195. The van der Waals surface area contributed by atoms with Gasteiger partial charge in [-0.25, -0.2) is 0 Å². The number of carbonyl (C=O) groups is 1. The Kier molecular flexibility index (Phi) is 3.40. The highest BCUT2D eigenvalue weighted by Gasteiger charge is 2.24. The summed E-state index contributed by atoms with van der Waals surface area (Å²) in [4.78, 5) is 11.4.